The molecular formula is C17H20FN3O3. The van der Waals surface area contributed by atoms with E-state index in [2.05, 4.69) is 5.10 Å². The van der Waals surface area contributed by atoms with E-state index >= 15 is 0 Å². The first kappa shape index (κ1) is 16.6. The van der Waals surface area contributed by atoms with Crippen molar-refractivity contribution in [3.05, 3.63) is 54.1 Å². The van der Waals surface area contributed by atoms with E-state index in [0.717, 1.165) is 0 Å². The summed E-state index contributed by atoms with van der Waals surface area (Å²) >= 11 is 0. The van der Waals surface area contributed by atoms with E-state index in [1.54, 1.807) is 46.2 Å². The van der Waals surface area contributed by atoms with Gasteiger partial charge in [0.2, 0.25) is 5.91 Å². The third-order valence-electron chi connectivity index (χ3n) is 4.22. The summed E-state index contributed by atoms with van der Waals surface area (Å²) in [6, 6.07) is 8.16. The number of carbonyl (C=O) groups excluding carboxylic acids is 1. The monoisotopic (exact) mass is 333 g/mol. The van der Waals surface area contributed by atoms with Gasteiger partial charge >= 0.3 is 0 Å². The van der Waals surface area contributed by atoms with E-state index in [0.29, 0.717) is 18.7 Å². The first-order chi connectivity index (χ1) is 11.6. The zero-order valence-electron chi connectivity index (χ0n) is 13.3. The van der Waals surface area contributed by atoms with Gasteiger partial charge in [-0.05, 0) is 17.7 Å². The Morgan fingerprint density at radius 2 is 2.21 bits per heavy atom. The molecule has 2 aromatic rings. The lowest BCUT2D eigenvalue weighted by Gasteiger charge is -2.42. The molecule has 1 aromatic heterocycles. The molecule has 1 atom stereocenters. The van der Waals surface area contributed by atoms with Crippen molar-refractivity contribution in [3.63, 3.8) is 0 Å². The van der Waals surface area contributed by atoms with Crippen molar-refractivity contribution >= 4 is 5.91 Å². The number of ether oxygens (including phenoxy) is 1. The number of amides is 1. The van der Waals surface area contributed by atoms with Gasteiger partial charge in [0, 0.05) is 25.4 Å². The number of aliphatic hydroxyl groups excluding tert-OH is 1. The van der Waals surface area contributed by atoms with Gasteiger partial charge in [-0.15, -0.1) is 0 Å². The minimum Gasteiger partial charge on any atom is -0.393 e. The fraction of sp³-hybridized carbons (Fsp3) is 0.412. The fourth-order valence-electron chi connectivity index (χ4n) is 2.94. The van der Waals surface area contributed by atoms with Crippen LogP contribution >= 0.6 is 0 Å². The zero-order valence-corrected chi connectivity index (χ0v) is 13.3. The summed E-state index contributed by atoms with van der Waals surface area (Å²) in [6.07, 6.45) is 3.54. The maximum atomic E-state index is 13.9. The van der Waals surface area contributed by atoms with Crippen LogP contribution in [0.25, 0.3) is 0 Å². The van der Waals surface area contributed by atoms with E-state index in [9.17, 15) is 14.3 Å². The Morgan fingerprint density at radius 3 is 2.92 bits per heavy atom. The van der Waals surface area contributed by atoms with E-state index < -0.39 is 5.60 Å². The Bertz CT molecular complexity index is 692. The van der Waals surface area contributed by atoms with Crippen LogP contribution in [0.1, 0.15) is 5.56 Å². The summed E-state index contributed by atoms with van der Waals surface area (Å²) in [5.41, 5.74) is -0.520. The maximum Gasteiger partial charge on any atom is 0.244 e. The number of halogens is 1. The third kappa shape index (κ3) is 3.63. The predicted octanol–water partition coefficient (Wildman–Crippen LogP) is 0.855. The largest absolute Gasteiger partial charge is 0.393 e. The molecule has 1 aliphatic rings. The van der Waals surface area contributed by atoms with Crippen molar-refractivity contribution in [1.29, 1.82) is 0 Å². The van der Waals surface area contributed by atoms with E-state index in [4.69, 9.17) is 4.74 Å². The van der Waals surface area contributed by atoms with E-state index in [1.165, 1.54) is 6.07 Å². The van der Waals surface area contributed by atoms with E-state index in [-0.39, 0.29) is 37.8 Å². The van der Waals surface area contributed by atoms with Crippen LogP contribution in [0, 0.1) is 5.82 Å². The van der Waals surface area contributed by atoms with Crippen molar-refractivity contribution < 1.29 is 19.0 Å². The maximum absolute atomic E-state index is 13.9. The predicted molar refractivity (Wildman–Crippen MR) is 84.7 cm³/mol. The number of rotatable bonds is 5. The van der Waals surface area contributed by atoms with Gasteiger partial charge in [0.05, 0.1) is 19.8 Å². The molecule has 2 heterocycles. The highest BCUT2D eigenvalue weighted by Gasteiger charge is 2.38. The Kier molecular flexibility index (Phi) is 4.92. The molecule has 0 bridgehead atoms. The van der Waals surface area contributed by atoms with Gasteiger partial charge in [-0.1, -0.05) is 18.2 Å². The Hall–Kier alpha value is -2.25. The van der Waals surface area contributed by atoms with Crippen molar-refractivity contribution in [3.8, 4) is 0 Å². The highest BCUT2D eigenvalue weighted by molar-refractivity contribution is 5.76. The molecule has 3 rings (SSSR count). The molecule has 1 unspecified atom stereocenters. The summed E-state index contributed by atoms with van der Waals surface area (Å²) in [5.74, 6) is -0.442. The molecule has 1 aromatic carbocycles. The van der Waals surface area contributed by atoms with Crippen molar-refractivity contribution in [2.45, 2.75) is 18.6 Å². The number of nitrogens with zero attached hydrogens (tertiary/aromatic N) is 3. The van der Waals surface area contributed by atoms with Crippen LogP contribution in [-0.2, 0) is 22.5 Å². The smallest absolute Gasteiger partial charge is 0.244 e. The number of hydrogen-bond donors (Lipinski definition) is 1. The van der Waals surface area contributed by atoms with Crippen LogP contribution in [-0.4, -0.2) is 57.6 Å². The molecule has 0 saturated carbocycles. The number of benzene rings is 1. The molecule has 1 aliphatic heterocycles. The quantitative estimate of drug-likeness (QED) is 0.881. The van der Waals surface area contributed by atoms with Gasteiger partial charge in [-0.25, -0.2) is 4.39 Å². The molecule has 1 fully saturated rings. The first-order valence-corrected chi connectivity index (χ1v) is 7.85. The lowest BCUT2D eigenvalue weighted by Crippen LogP contribution is -2.57. The van der Waals surface area contributed by atoms with Crippen LogP contribution < -0.4 is 0 Å². The van der Waals surface area contributed by atoms with Gasteiger partial charge in [0.25, 0.3) is 0 Å². The SMILES string of the molecule is O=C(Cn1cccn1)N1CCOC(CO)(Cc2ccccc2F)C1. The van der Waals surface area contributed by atoms with Crippen molar-refractivity contribution in [2.24, 2.45) is 0 Å². The number of aromatic nitrogens is 2. The average molecular weight is 333 g/mol. The van der Waals surface area contributed by atoms with Crippen molar-refractivity contribution in [1.82, 2.24) is 14.7 Å². The Labute approximate surface area is 139 Å². The van der Waals surface area contributed by atoms with Crippen LogP contribution in [0.3, 0.4) is 0 Å². The second-order valence-corrected chi connectivity index (χ2v) is 5.98. The van der Waals surface area contributed by atoms with Gasteiger partial charge < -0.3 is 14.7 Å². The molecule has 1 N–H and O–H groups in total. The molecule has 24 heavy (non-hydrogen) atoms. The normalized spacial score (nSPS) is 21.0. The minimum absolute atomic E-state index is 0.103. The van der Waals surface area contributed by atoms with Crippen LogP contribution in [0.5, 0.6) is 0 Å². The number of hydrogen-bond acceptors (Lipinski definition) is 4. The molecule has 0 aliphatic carbocycles. The lowest BCUT2D eigenvalue weighted by atomic mass is 9.92. The zero-order chi connectivity index (χ0) is 17.0. The average Bonchev–Trinajstić information content (AvgIpc) is 3.10. The van der Waals surface area contributed by atoms with Crippen LogP contribution in [0.15, 0.2) is 42.7 Å². The number of aliphatic hydroxyl groups is 1. The highest BCUT2D eigenvalue weighted by atomic mass is 19.1. The van der Waals surface area contributed by atoms with Gasteiger partial charge in [-0.2, -0.15) is 5.10 Å². The summed E-state index contributed by atoms with van der Waals surface area (Å²) in [5, 5.41) is 13.9. The third-order valence-corrected chi connectivity index (χ3v) is 4.22. The molecule has 7 heteroatoms. The standard InChI is InChI=1S/C17H20FN3O3/c18-15-5-2-1-4-14(15)10-17(13-22)12-20(8-9-24-17)16(23)11-21-7-3-6-19-21/h1-7,22H,8-13H2. The van der Waals surface area contributed by atoms with Crippen molar-refractivity contribution in [2.75, 3.05) is 26.3 Å². The molecular weight excluding hydrogens is 313 g/mol. The number of carbonyl (C=O) groups is 1. The molecule has 128 valence electrons. The second kappa shape index (κ2) is 7.11. The highest BCUT2D eigenvalue weighted by Crippen LogP contribution is 2.24. The minimum atomic E-state index is -0.986. The number of morpholine rings is 1. The molecule has 1 saturated heterocycles. The Morgan fingerprint density at radius 1 is 1.38 bits per heavy atom. The first-order valence-electron chi connectivity index (χ1n) is 7.85. The van der Waals surface area contributed by atoms with Gasteiger partial charge in [0.1, 0.15) is 18.0 Å². The van der Waals surface area contributed by atoms with Gasteiger partial charge in [-0.3, -0.25) is 9.48 Å². The van der Waals surface area contributed by atoms with E-state index in [1.807, 2.05) is 0 Å². The second-order valence-electron chi connectivity index (χ2n) is 5.98. The summed E-state index contributed by atoms with van der Waals surface area (Å²) in [4.78, 5) is 14.1. The van der Waals surface area contributed by atoms with Gasteiger partial charge in [0.15, 0.2) is 0 Å². The van der Waals surface area contributed by atoms with Crippen LogP contribution in [0.4, 0.5) is 4.39 Å². The topological polar surface area (TPSA) is 67.6 Å². The van der Waals surface area contributed by atoms with Crippen LogP contribution in [0.2, 0.25) is 0 Å². The molecule has 6 nitrogen and oxygen atoms in total. The summed E-state index contributed by atoms with van der Waals surface area (Å²) in [7, 11) is 0. The fourth-order valence-corrected chi connectivity index (χ4v) is 2.94. The summed E-state index contributed by atoms with van der Waals surface area (Å²) in [6.45, 7) is 0.817. The molecule has 0 radical (unpaired) electrons. The molecule has 0 spiro atoms. The molecule has 1 amide bonds. The Balaban J connectivity index is 1.72. The summed E-state index contributed by atoms with van der Waals surface area (Å²) < 4.78 is 21.2. The lowest BCUT2D eigenvalue weighted by molar-refractivity contribution is -0.158.